The summed E-state index contributed by atoms with van der Waals surface area (Å²) in [6.07, 6.45) is 0. The van der Waals surface area contributed by atoms with Crippen molar-refractivity contribution in [3.8, 4) is 0 Å². The van der Waals surface area contributed by atoms with Gasteiger partial charge in [-0.05, 0) is 38.1 Å². The van der Waals surface area contributed by atoms with Gasteiger partial charge >= 0.3 is 0 Å². The van der Waals surface area contributed by atoms with Crippen molar-refractivity contribution >= 4 is 28.1 Å². The highest BCUT2D eigenvalue weighted by Gasteiger charge is 2.14. The maximum Gasteiger partial charge on any atom is 0.248 e. The minimum absolute atomic E-state index is 0.182. The lowest BCUT2D eigenvalue weighted by Crippen LogP contribution is -2.31. The number of nitrogens with one attached hydrogen (secondary N) is 2. The molecule has 100 valence electrons. The van der Waals surface area contributed by atoms with Gasteiger partial charge in [-0.2, -0.15) is 0 Å². The molecule has 0 aliphatic carbocycles. The Morgan fingerprint density at radius 2 is 2.05 bits per heavy atom. The van der Waals surface area contributed by atoms with Crippen LogP contribution in [0.25, 0.3) is 0 Å². The van der Waals surface area contributed by atoms with Crippen LogP contribution in [0.4, 0.5) is 15.2 Å². The fraction of sp³-hybridized carbons (Fsp3) is 0.231. The molecule has 0 spiro atoms. The van der Waals surface area contributed by atoms with Gasteiger partial charge in [0, 0.05) is 11.1 Å². The zero-order valence-corrected chi connectivity index (χ0v) is 11.4. The summed E-state index contributed by atoms with van der Waals surface area (Å²) in [6, 6.07) is 5.43. The molecular weight excluding hydrogens is 265 g/mol. The number of aryl methyl sites for hydroxylation is 1. The first-order valence-electron chi connectivity index (χ1n) is 5.79. The number of nitrogens with zero attached hydrogens (tertiary/aromatic N) is 1. The van der Waals surface area contributed by atoms with E-state index in [-0.39, 0.29) is 11.7 Å². The smallest absolute Gasteiger partial charge is 0.248 e. The largest absolute Gasteiger partial charge is 0.374 e. The van der Waals surface area contributed by atoms with Crippen LogP contribution >= 0.6 is 11.3 Å². The summed E-state index contributed by atoms with van der Waals surface area (Å²) in [5.41, 5.74) is 1.57. The minimum atomic E-state index is -0.435. The molecular formula is C13H14FN3OS. The SMILES string of the molecule is Cc1csc(NC(=O)C(C)Nc2ccc(F)cc2)n1. The van der Waals surface area contributed by atoms with Crippen molar-refractivity contribution in [2.75, 3.05) is 10.6 Å². The molecule has 0 fully saturated rings. The fourth-order valence-corrected chi connectivity index (χ4v) is 2.18. The lowest BCUT2D eigenvalue weighted by atomic mass is 10.2. The Labute approximate surface area is 114 Å². The third kappa shape index (κ3) is 3.75. The first-order chi connectivity index (χ1) is 9.04. The first-order valence-corrected chi connectivity index (χ1v) is 6.67. The number of thiazole rings is 1. The van der Waals surface area contributed by atoms with Gasteiger partial charge in [0.2, 0.25) is 5.91 Å². The van der Waals surface area contributed by atoms with Crippen LogP contribution < -0.4 is 10.6 Å². The van der Waals surface area contributed by atoms with E-state index in [9.17, 15) is 9.18 Å². The monoisotopic (exact) mass is 279 g/mol. The number of carbonyl (C=O) groups is 1. The average Bonchev–Trinajstić information content (AvgIpc) is 2.77. The number of hydrogen-bond acceptors (Lipinski definition) is 4. The van der Waals surface area contributed by atoms with Crippen molar-refractivity contribution in [2.45, 2.75) is 19.9 Å². The molecule has 0 aliphatic rings. The van der Waals surface area contributed by atoms with Gasteiger partial charge in [0.1, 0.15) is 11.9 Å². The Bertz CT molecular complexity index is 568. The quantitative estimate of drug-likeness (QED) is 0.904. The molecule has 2 aromatic rings. The molecule has 1 aromatic heterocycles. The molecule has 1 amide bonds. The number of anilines is 2. The topological polar surface area (TPSA) is 54.0 Å². The standard InChI is InChI=1S/C13H14FN3OS/c1-8-7-19-13(15-8)17-12(18)9(2)16-11-5-3-10(14)4-6-11/h3-7,9,16H,1-2H3,(H,15,17,18). The zero-order chi connectivity index (χ0) is 13.8. The number of benzene rings is 1. The second-order valence-electron chi connectivity index (χ2n) is 4.16. The van der Waals surface area contributed by atoms with E-state index in [2.05, 4.69) is 15.6 Å². The van der Waals surface area contributed by atoms with Crippen LogP contribution in [0.3, 0.4) is 0 Å². The first kappa shape index (κ1) is 13.5. The van der Waals surface area contributed by atoms with Crippen LogP contribution in [0.5, 0.6) is 0 Å². The van der Waals surface area contributed by atoms with Gasteiger partial charge in [0.25, 0.3) is 0 Å². The van der Waals surface area contributed by atoms with E-state index in [0.29, 0.717) is 10.8 Å². The maximum absolute atomic E-state index is 12.8. The van der Waals surface area contributed by atoms with E-state index in [1.54, 1.807) is 19.1 Å². The summed E-state index contributed by atoms with van der Waals surface area (Å²) in [5, 5.41) is 8.17. The van der Waals surface area contributed by atoms with E-state index < -0.39 is 6.04 Å². The second-order valence-corrected chi connectivity index (χ2v) is 5.01. The van der Waals surface area contributed by atoms with Crippen LogP contribution in [0, 0.1) is 12.7 Å². The molecule has 0 aliphatic heterocycles. The summed E-state index contributed by atoms with van der Waals surface area (Å²) in [5.74, 6) is -0.486. The van der Waals surface area contributed by atoms with Crippen LogP contribution in [0.15, 0.2) is 29.6 Å². The number of amides is 1. The number of carbonyl (C=O) groups excluding carboxylic acids is 1. The van der Waals surface area contributed by atoms with Crippen molar-refractivity contribution in [1.29, 1.82) is 0 Å². The van der Waals surface area contributed by atoms with Crippen molar-refractivity contribution in [3.63, 3.8) is 0 Å². The molecule has 6 heteroatoms. The number of rotatable bonds is 4. The Morgan fingerprint density at radius 1 is 1.37 bits per heavy atom. The summed E-state index contributed by atoms with van der Waals surface area (Å²) in [6.45, 7) is 3.60. The molecule has 0 saturated carbocycles. The number of halogens is 1. The Hall–Kier alpha value is -1.95. The Balaban J connectivity index is 1.94. The van der Waals surface area contributed by atoms with E-state index in [4.69, 9.17) is 0 Å². The van der Waals surface area contributed by atoms with Gasteiger partial charge in [0.15, 0.2) is 5.13 Å². The van der Waals surface area contributed by atoms with Crippen LogP contribution in [-0.4, -0.2) is 16.9 Å². The highest BCUT2D eigenvalue weighted by molar-refractivity contribution is 7.13. The van der Waals surface area contributed by atoms with Crippen molar-refractivity contribution in [2.24, 2.45) is 0 Å². The Morgan fingerprint density at radius 3 is 2.63 bits per heavy atom. The summed E-state index contributed by atoms with van der Waals surface area (Å²) in [7, 11) is 0. The normalized spacial score (nSPS) is 11.9. The average molecular weight is 279 g/mol. The third-order valence-corrected chi connectivity index (χ3v) is 3.35. The molecule has 19 heavy (non-hydrogen) atoms. The van der Waals surface area contributed by atoms with E-state index in [1.807, 2.05) is 12.3 Å². The molecule has 1 atom stereocenters. The van der Waals surface area contributed by atoms with Crippen molar-refractivity contribution < 1.29 is 9.18 Å². The van der Waals surface area contributed by atoms with Gasteiger partial charge in [0.05, 0.1) is 5.69 Å². The van der Waals surface area contributed by atoms with E-state index in [0.717, 1.165) is 5.69 Å². The van der Waals surface area contributed by atoms with Crippen LogP contribution in [0.2, 0.25) is 0 Å². The van der Waals surface area contributed by atoms with Gasteiger partial charge < -0.3 is 10.6 Å². The predicted octanol–water partition coefficient (Wildman–Crippen LogP) is 3.03. The van der Waals surface area contributed by atoms with E-state index in [1.165, 1.54) is 23.5 Å². The minimum Gasteiger partial charge on any atom is -0.374 e. The second kappa shape index (κ2) is 5.79. The fourth-order valence-electron chi connectivity index (χ4n) is 1.49. The Kier molecular flexibility index (Phi) is 4.11. The molecule has 2 N–H and O–H groups in total. The molecule has 1 aromatic carbocycles. The highest BCUT2D eigenvalue weighted by Crippen LogP contribution is 2.15. The zero-order valence-electron chi connectivity index (χ0n) is 10.6. The molecule has 2 rings (SSSR count). The van der Waals surface area contributed by atoms with Crippen LogP contribution in [-0.2, 0) is 4.79 Å². The molecule has 1 heterocycles. The lowest BCUT2D eigenvalue weighted by molar-refractivity contribution is -0.116. The molecule has 0 radical (unpaired) electrons. The van der Waals surface area contributed by atoms with Gasteiger partial charge in [-0.1, -0.05) is 0 Å². The maximum atomic E-state index is 12.8. The molecule has 1 unspecified atom stereocenters. The number of aromatic nitrogens is 1. The van der Waals surface area contributed by atoms with Crippen LogP contribution in [0.1, 0.15) is 12.6 Å². The summed E-state index contributed by atoms with van der Waals surface area (Å²) < 4.78 is 12.8. The molecule has 0 saturated heterocycles. The summed E-state index contributed by atoms with van der Waals surface area (Å²) >= 11 is 1.38. The van der Waals surface area contributed by atoms with Crippen molar-refractivity contribution in [3.05, 3.63) is 41.2 Å². The van der Waals surface area contributed by atoms with Gasteiger partial charge in [-0.3, -0.25) is 4.79 Å². The van der Waals surface area contributed by atoms with Crippen molar-refractivity contribution in [1.82, 2.24) is 4.98 Å². The number of hydrogen-bond donors (Lipinski definition) is 2. The summed E-state index contributed by atoms with van der Waals surface area (Å²) in [4.78, 5) is 16.1. The molecule has 4 nitrogen and oxygen atoms in total. The van der Waals surface area contributed by atoms with Gasteiger partial charge in [-0.25, -0.2) is 9.37 Å². The van der Waals surface area contributed by atoms with E-state index >= 15 is 0 Å². The van der Waals surface area contributed by atoms with Gasteiger partial charge in [-0.15, -0.1) is 11.3 Å². The lowest BCUT2D eigenvalue weighted by Gasteiger charge is -2.14. The predicted molar refractivity (Wildman–Crippen MR) is 75.0 cm³/mol. The molecule has 0 bridgehead atoms. The highest BCUT2D eigenvalue weighted by atomic mass is 32.1. The third-order valence-electron chi connectivity index (χ3n) is 2.47.